The molecule has 1 amide bonds. The summed E-state index contributed by atoms with van der Waals surface area (Å²) in [5, 5.41) is 0. The average molecular weight is 398 g/mol. The molecule has 0 atom stereocenters. The van der Waals surface area contributed by atoms with Crippen LogP contribution in [0.2, 0.25) is 0 Å². The van der Waals surface area contributed by atoms with E-state index in [1.807, 2.05) is 47.4 Å². The summed E-state index contributed by atoms with van der Waals surface area (Å²) in [6.07, 6.45) is 6.28. The van der Waals surface area contributed by atoms with E-state index in [1.54, 1.807) is 18.9 Å². The van der Waals surface area contributed by atoms with Crippen LogP contribution >= 0.6 is 11.8 Å². The number of unbranched alkanes of at least 4 members (excludes halogenated alkanes) is 2. The molecule has 3 rings (SSSR count). The molecule has 0 bridgehead atoms. The highest BCUT2D eigenvalue weighted by Gasteiger charge is 2.43. The lowest BCUT2D eigenvalue weighted by molar-refractivity contribution is -0.127. The number of carbonyl (C=O) groups is 1. The summed E-state index contributed by atoms with van der Waals surface area (Å²) in [5.74, 6) is 1.91. The molecule has 0 saturated carbocycles. The Labute approximate surface area is 173 Å². The van der Waals surface area contributed by atoms with Crippen LogP contribution < -0.4 is 9.64 Å². The topological polar surface area (TPSA) is 29.5 Å². The number of carbonyl (C=O) groups excluding carboxylic acids is 1. The van der Waals surface area contributed by atoms with Crippen molar-refractivity contribution in [3.05, 3.63) is 48.5 Å². The maximum Gasteiger partial charge on any atom is 0.238 e. The third-order valence-corrected chi connectivity index (χ3v) is 6.94. The van der Waals surface area contributed by atoms with E-state index in [0.717, 1.165) is 66.3 Å². The van der Waals surface area contributed by atoms with Gasteiger partial charge in [-0.1, -0.05) is 57.7 Å². The summed E-state index contributed by atoms with van der Waals surface area (Å²) in [6, 6.07) is 16.1. The zero-order chi connectivity index (χ0) is 20.0. The average Bonchev–Trinajstić information content (AvgIpc) is 2.86. The molecule has 1 aliphatic heterocycles. The Morgan fingerprint density at radius 3 is 2.32 bits per heavy atom. The molecule has 0 fully saturated rings. The fourth-order valence-electron chi connectivity index (χ4n) is 3.89. The van der Waals surface area contributed by atoms with Crippen molar-refractivity contribution in [3.63, 3.8) is 0 Å². The Morgan fingerprint density at radius 1 is 1.04 bits per heavy atom. The third kappa shape index (κ3) is 4.22. The van der Waals surface area contributed by atoms with E-state index < -0.39 is 0 Å². The lowest BCUT2D eigenvalue weighted by Gasteiger charge is -2.35. The number of ether oxygens (including phenoxy) is 1. The molecular weight excluding hydrogens is 366 g/mol. The standard InChI is InChI=1S/C24H31NO2S/c1-4-6-15-24(16-7-5-2)18-28-22-17-20(27-3)13-14-21(22)25(23(24)26)19-11-9-8-10-12-19/h8-14,17H,4-7,15-16,18H2,1-3H3. The Morgan fingerprint density at radius 2 is 1.71 bits per heavy atom. The van der Waals surface area contributed by atoms with Gasteiger partial charge < -0.3 is 4.74 Å². The highest BCUT2D eigenvalue weighted by Crippen LogP contribution is 2.48. The van der Waals surface area contributed by atoms with Crippen molar-refractivity contribution in [1.29, 1.82) is 0 Å². The van der Waals surface area contributed by atoms with Gasteiger partial charge in [0.2, 0.25) is 5.91 Å². The molecule has 1 aliphatic rings. The number of amides is 1. The molecule has 28 heavy (non-hydrogen) atoms. The fourth-order valence-corrected chi connectivity index (χ4v) is 5.24. The maximum absolute atomic E-state index is 14.1. The molecular formula is C24H31NO2S. The molecule has 0 aromatic heterocycles. The van der Waals surface area contributed by atoms with Crippen molar-refractivity contribution >= 4 is 29.0 Å². The SMILES string of the molecule is CCCCC1(CCCC)CSc2cc(OC)ccc2N(c2ccccc2)C1=O. The quantitative estimate of drug-likeness (QED) is 0.489. The third-order valence-electron chi connectivity index (χ3n) is 5.60. The van der Waals surface area contributed by atoms with Crippen molar-refractivity contribution in [3.8, 4) is 5.75 Å². The van der Waals surface area contributed by atoms with Crippen molar-refractivity contribution in [2.75, 3.05) is 17.8 Å². The van der Waals surface area contributed by atoms with E-state index in [2.05, 4.69) is 19.9 Å². The van der Waals surface area contributed by atoms with E-state index in [4.69, 9.17) is 4.74 Å². The van der Waals surface area contributed by atoms with Gasteiger partial charge in [0.25, 0.3) is 0 Å². The second-order valence-electron chi connectivity index (χ2n) is 7.59. The summed E-state index contributed by atoms with van der Waals surface area (Å²) in [6.45, 7) is 4.41. The predicted octanol–water partition coefficient (Wildman–Crippen LogP) is 6.83. The zero-order valence-electron chi connectivity index (χ0n) is 17.2. The minimum atomic E-state index is -0.321. The van der Waals surface area contributed by atoms with Crippen LogP contribution in [0.1, 0.15) is 52.4 Å². The van der Waals surface area contributed by atoms with Gasteiger partial charge >= 0.3 is 0 Å². The van der Waals surface area contributed by atoms with Crippen LogP contribution in [0, 0.1) is 5.41 Å². The molecule has 2 aromatic carbocycles. The van der Waals surface area contributed by atoms with Crippen molar-refractivity contribution in [1.82, 2.24) is 0 Å². The molecule has 150 valence electrons. The number of benzene rings is 2. The summed E-state index contributed by atoms with van der Waals surface area (Å²) in [5.41, 5.74) is 1.59. The Hall–Kier alpha value is -1.94. The van der Waals surface area contributed by atoms with E-state index in [-0.39, 0.29) is 11.3 Å². The minimum absolute atomic E-state index is 0.247. The number of hydrogen-bond acceptors (Lipinski definition) is 3. The Balaban J connectivity index is 2.12. The predicted molar refractivity (Wildman–Crippen MR) is 119 cm³/mol. The molecule has 2 aromatic rings. The van der Waals surface area contributed by atoms with Gasteiger partial charge in [0.1, 0.15) is 5.75 Å². The molecule has 1 heterocycles. The van der Waals surface area contributed by atoms with Crippen LogP contribution in [0.25, 0.3) is 0 Å². The first-order chi connectivity index (χ1) is 13.6. The van der Waals surface area contributed by atoms with Crippen LogP contribution in [0.4, 0.5) is 11.4 Å². The van der Waals surface area contributed by atoms with Crippen LogP contribution in [0.5, 0.6) is 5.75 Å². The number of para-hydroxylation sites is 1. The maximum atomic E-state index is 14.1. The van der Waals surface area contributed by atoms with Crippen LogP contribution in [0.3, 0.4) is 0 Å². The van der Waals surface area contributed by atoms with Gasteiger partial charge in [0.15, 0.2) is 0 Å². The van der Waals surface area contributed by atoms with Crippen LogP contribution in [-0.2, 0) is 4.79 Å². The minimum Gasteiger partial charge on any atom is -0.497 e. The number of thioether (sulfide) groups is 1. The Kier molecular flexibility index (Phi) is 7.06. The van der Waals surface area contributed by atoms with Gasteiger partial charge in [-0.3, -0.25) is 9.69 Å². The largest absolute Gasteiger partial charge is 0.497 e. The lowest BCUT2D eigenvalue weighted by Crippen LogP contribution is -2.42. The van der Waals surface area contributed by atoms with Gasteiger partial charge in [-0.25, -0.2) is 0 Å². The number of rotatable bonds is 8. The summed E-state index contributed by atoms with van der Waals surface area (Å²) in [4.78, 5) is 17.2. The van der Waals surface area contributed by atoms with Gasteiger partial charge in [-0.15, -0.1) is 11.8 Å². The van der Waals surface area contributed by atoms with E-state index in [9.17, 15) is 4.79 Å². The van der Waals surface area contributed by atoms with Gasteiger partial charge in [-0.2, -0.15) is 0 Å². The number of hydrogen-bond donors (Lipinski definition) is 0. The van der Waals surface area contributed by atoms with Crippen LogP contribution in [-0.4, -0.2) is 18.8 Å². The zero-order valence-corrected chi connectivity index (χ0v) is 18.1. The second-order valence-corrected chi connectivity index (χ2v) is 8.60. The first-order valence-corrected chi connectivity index (χ1v) is 11.3. The van der Waals surface area contributed by atoms with Gasteiger partial charge in [0.05, 0.1) is 18.2 Å². The smallest absolute Gasteiger partial charge is 0.238 e. The first kappa shape index (κ1) is 20.8. The van der Waals surface area contributed by atoms with E-state index in [1.165, 1.54) is 0 Å². The second kappa shape index (κ2) is 9.51. The van der Waals surface area contributed by atoms with Gasteiger partial charge in [-0.05, 0) is 43.2 Å². The summed E-state index contributed by atoms with van der Waals surface area (Å²) >= 11 is 1.81. The van der Waals surface area contributed by atoms with E-state index >= 15 is 0 Å². The molecule has 0 spiro atoms. The molecule has 0 saturated heterocycles. The number of anilines is 2. The molecule has 0 radical (unpaired) electrons. The number of fused-ring (bicyclic) bond motifs is 1. The van der Waals surface area contributed by atoms with Crippen molar-refractivity contribution in [2.45, 2.75) is 57.3 Å². The highest BCUT2D eigenvalue weighted by atomic mass is 32.2. The molecule has 4 heteroatoms. The molecule has 3 nitrogen and oxygen atoms in total. The Bertz CT molecular complexity index is 782. The van der Waals surface area contributed by atoms with E-state index in [0.29, 0.717) is 0 Å². The molecule has 0 unspecified atom stereocenters. The normalized spacial score (nSPS) is 15.8. The fraction of sp³-hybridized carbons (Fsp3) is 0.458. The van der Waals surface area contributed by atoms with Crippen LogP contribution in [0.15, 0.2) is 53.4 Å². The number of methoxy groups -OCH3 is 1. The first-order valence-electron chi connectivity index (χ1n) is 10.4. The van der Waals surface area contributed by atoms with Crippen molar-refractivity contribution < 1.29 is 9.53 Å². The monoisotopic (exact) mass is 397 g/mol. The molecule has 0 N–H and O–H groups in total. The summed E-state index contributed by atoms with van der Waals surface area (Å²) in [7, 11) is 1.69. The molecule has 0 aliphatic carbocycles. The van der Waals surface area contributed by atoms with Crippen molar-refractivity contribution in [2.24, 2.45) is 5.41 Å². The van der Waals surface area contributed by atoms with Gasteiger partial charge in [0, 0.05) is 16.3 Å². The highest BCUT2D eigenvalue weighted by molar-refractivity contribution is 7.99. The summed E-state index contributed by atoms with van der Waals surface area (Å²) < 4.78 is 5.45. The lowest BCUT2D eigenvalue weighted by atomic mass is 9.78. The number of nitrogens with zero attached hydrogens (tertiary/aromatic N) is 1.